The maximum Gasteiger partial charge on any atom is 0.308 e. The fourth-order valence-electron chi connectivity index (χ4n) is 4.08. The van der Waals surface area contributed by atoms with Gasteiger partial charge in [0.05, 0.1) is 16.5 Å². The molecule has 0 spiro atoms. The summed E-state index contributed by atoms with van der Waals surface area (Å²) in [6.07, 6.45) is -6.48. The van der Waals surface area contributed by atoms with Crippen molar-refractivity contribution in [2.45, 2.75) is 44.4 Å². The van der Waals surface area contributed by atoms with Crippen molar-refractivity contribution in [3.63, 3.8) is 0 Å². The number of aromatic hydroxyl groups is 1. The molecule has 0 unspecified atom stereocenters. The summed E-state index contributed by atoms with van der Waals surface area (Å²) in [4.78, 5) is 35.6. The monoisotopic (exact) mass is 500 g/mol. The Morgan fingerprint density at radius 2 is 1.64 bits per heavy atom. The van der Waals surface area contributed by atoms with E-state index in [1.54, 1.807) is 12.1 Å². The van der Waals surface area contributed by atoms with E-state index < -0.39 is 54.5 Å². The molecule has 2 aromatic carbocycles. The average Bonchev–Trinajstić information content (AvgIpc) is 2.83. The van der Waals surface area contributed by atoms with Crippen molar-refractivity contribution >= 4 is 22.9 Å². The molecule has 11 heteroatoms. The first-order chi connectivity index (χ1) is 17.1. The lowest BCUT2D eigenvalue weighted by Crippen LogP contribution is -2.55. The van der Waals surface area contributed by atoms with E-state index in [2.05, 4.69) is 0 Å². The number of phenolic OH excluding ortho intramolecular Hbond substituents is 1. The predicted molar refractivity (Wildman–Crippen MR) is 123 cm³/mol. The van der Waals surface area contributed by atoms with Gasteiger partial charge in [-0.2, -0.15) is 0 Å². The van der Waals surface area contributed by atoms with Crippen LogP contribution in [0.1, 0.15) is 25.5 Å². The van der Waals surface area contributed by atoms with Crippen LogP contribution in [0, 0.1) is 0 Å². The summed E-state index contributed by atoms with van der Waals surface area (Å²) >= 11 is 0. The maximum absolute atomic E-state index is 13.3. The molecule has 36 heavy (non-hydrogen) atoms. The van der Waals surface area contributed by atoms with Crippen molar-refractivity contribution in [1.82, 2.24) is 0 Å². The molecule has 1 aromatic heterocycles. The highest BCUT2D eigenvalue weighted by Gasteiger charge is 2.46. The number of fused-ring (bicyclic) bond motifs is 1. The highest BCUT2D eigenvalue weighted by atomic mass is 16.6. The molecule has 0 saturated carbocycles. The second-order valence-corrected chi connectivity index (χ2v) is 8.34. The van der Waals surface area contributed by atoms with E-state index in [1.807, 2.05) is 0 Å². The highest BCUT2D eigenvalue weighted by Crippen LogP contribution is 2.40. The second-order valence-electron chi connectivity index (χ2n) is 8.34. The Kier molecular flexibility index (Phi) is 7.09. The normalized spacial score (nSPS) is 23.9. The molecule has 4 N–H and O–H groups in total. The van der Waals surface area contributed by atoms with Crippen LogP contribution in [0.15, 0.2) is 51.9 Å². The van der Waals surface area contributed by atoms with Gasteiger partial charge in [0.15, 0.2) is 0 Å². The van der Waals surface area contributed by atoms with Crippen molar-refractivity contribution < 1.29 is 48.6 Å². The zero-order chi connectivity index (χ0) is 26.1. The van der Waals surface area contributed by atoms with Crippen LogP contribution in [0.5, 0.6) is 11.5 Å². The van der Waals surface area contributed by atoms with Gasteiger partial charge in [-0.15, -0.1) is 0 Å². The average molecular weight is 500 g/mol. The van der Waals surface area contributed by atoms with E-state index in [0.29, 0.717) is 11.3 Å². The predicted octanol–water partition coefficient (Wildman–Crippen LogP) is 1.18. The summed E-state index contributed by atoms with van der Waals surface area (Å²) < 4.78 is 21.3. The van der Waals surface area contributed by atoms with Crippen molar-refractivity contribution in [3.05, 3.63) is 58.4 Å². The molecule has 3 aromatic rings. The number of rotatable bonds is 5. The zero-order valence-corrected chi connectivity index (χ0v) is 19.3. The van der Waals surface area contributed by atoms with Crippen molar-refractivity contribution in [2.75, 3.05) is 6.61 Å². The van der Waals surface area contributed by atoms with E-state index in [1.165, 1.54) is 37.5 Å². The Bertz CT molecular complexity index is 1340. The second kappa shape index (κ2) is 10.1. The summed E-state index contributed by atoms with van der Waals surface area (Å²) in [5.74, 6) is -1.21. The van der Waals surface area contributed by atoms with E-state index in [4.69, 9.17) is 18.6 Å². The van der Waals surface area contributed by atoms with Crippen molar-refractivity contribution in [1.29, 1.82) is 0 Å². The molecule has 0 radical (unpaired) electrons. The van der Waals surface area contributed by atoms with E-state index in [0.717, 1.165) is 6.92 Å². The minimum atomic E-state index is -1.71. The minimum absolute atomic E-state index is 0.0531. The third-order valence-electron chi connectivity index (χ3n) is 5.83. The van der Waals surface area contributed by atoms with Gasteiger partial charge in [0.25, 0.3) is 0 Å². The first-order valence-corrected chi connectivity index (χ1v) is 11.0. The number of ether oxygens (including phenoxy) is 3. The van der Waals surface area contributed by atoms with Gasteiger partial charge in [-0.05, 0) is 29.8 Å². The molecule has 0 amide bonds. The quantitative estimate of drug-likeness (QED) is 0.293. The van der Waals surface area contributed by atoms with E-state index >= 15 is 0 Å². The number of carbonyl (C=O) groups excluding carboxylic acids is 2. The van der Waals surface area contributed by atoms with Crippen LogP contribution in [0.3, 0.4) is 0 Å². The largest absolute Gasteiger partial charge is 0.507 e. The molecule has 1 saturated heterocycles. The molecule has 1 aliphatic heterocycles. The molecule has 11 nitrogen and oxygen atoms in total. The molecular formula is C25H24O11. The summed E-state index contributed by atoms with van der Waals surface area (Å²) in [5.41, 5.74) is -0.0150. The summed E-state index contributed by atoms with van der Waals surface area (Å²) in [7, 11) is 0. The van der Waals surface area contributed by atoms with Gasteiger partial charge in [0, 0.05) is 13.8 Å². The van der Waals surface area contributed by atoms with Gasteiger partial charge < -0.3 is 39.1 Å². The van der Waals surface area contributed by atoms with E-state index in [9.17, 15) is 34.8 Å². The zero-order valence-electron chi connectivity index (χ0n) is 19.3. The fraction of sp³-hybridized carbons (Fsp3) is 0.320. The molecule has 1 fully saturated rings. The maximum atomic E-state index is 13.3. The fourth-order valence-corrected chi connectivity index (χ4v) is 4.08. The molecule has 1 aliphatic rings. The topological polar surface area (TPSA) is 173 Å². The molecule has 2 heterocycles. The van der Waals surface area contributed by atoms with Crippen LogP contribution in [-0.4, -0.2) is 63.4 Å². The van der Waals surface area contributed by atoms with Crippen LogP contribution in [-0.2, 0) is 19.1 Å². The summed E-state index contributed by atoms with van der Waals surface area (Å²) in [6, 6.07) is 8.74. The number of phenols is 1. The number of carbonyl (C=O) groups is 2. The van der Waals surface area contributed by atoms with Gasteiger partial charge in [-0.3, -0.25) is 14.4 Å². The van der Waals surface area contributed by atoms with Crippen LogP contribution in [0.2, 0.25) is 0 Å². The number of esters is 2. The number of aliphatic hydroxyl groups excluding tert-OH is 3. The third kappa shape index (κ3) is 4.82. The van der Waals surface area contributed by atoms with Crippen LogP contribution in [0.4, 0.5) is 0 Å². The Morgan fingerprint density at radius 1 is 0.944 bits per heavy atom. The van der Waals surface area contributed by atoms with Crippen molar-refractivity contribution in [3.8, 4) is 22.6 Å². The first-order valence-electron chi connectivity index (χ1n) is 11.0. The molecule has 4 rings (SSSR count). The lowest BCUT2D eigenvalue weighted by atomic mass is 9.89. The Morgan fingerprint density at radius 3 is 2.28 bits per heavy atom. The molecular weight excluding hydrogens is 476 g/mol. The standard InChI is InChI=1S/C25H24O11/c1-11(26)33-10-18-21(30)22(31)23(32)25(36-18)19-17(28)8-7-15-20(29)16(9-34-24(15)19)13-3-5-14(6-4-13)35-12(2)27/h3-9,18,21-23,25,28,30-32H,10H2,1-2H3/t18-,21-,22+,23-,25+/m1/s1. The highest BCUT2D eigenvalue weighted by molar-refractivity contribution is 5.86. The third-order valence-corrected chi connectivity index (χ3v) is 5.83. The van der Waals surface area contributed by atoms with Gasteiger partial charge in [-0.1, -0.05) is 12.1 Å². The lowest BCUT2D eigenvalue weighted by Gasteiger charge is -2.40. The first kappa shape index (κ1) is 25.3. The van der Waals surface area contributed by atoms with Crippen molar-refractivity contribution in [2.24, 2.45) is 0 Å². The smallest absolute Gasteiger partial charge is 0.308 e. The van der Waals surface area contributed by atoms with Crippen LogP contribution >= 0.6 is 0 Å². The molecule has 0 bridgehead atoms. The lowest BCUT2D eigenvalue weighted by molar-refractivity contribution is -0.234. The van der Waals surface area contributed by atoms with Gasteiger partial charge in [0.1, 0.15) is 60.5 Å². The Labute approximate surface area is 204 Å². The molecule has 190 valence electrons. The molecule has 5 atom stereocenters. The Hall–Kier alpha value is -3.77. The summed E-state index contributed by atoms with van der Waals surface area (Å²) in [6.45, 7) is 2.01. The SMILES string of the molecule is CC(=O)OC[C@H]1O[C@@H](c2c(O)ccc3c(=O)c(-c4ccc(OC(C)=O)cc4)coc23)[C@H](O)[C@@H](O)[C@@H]1O. The number of hydrogen-bond acceptors (Lipinski definition) is 11. The molecule has 0 aliphatic carbocycles. The van der Waals surface area contributed by atoms with Gasteiger partial charge in [0.2, 0.25) is 5.43 Å². The Balaban J connectivity index is 1.75. The van der Waals surface area contributed by atoms with Gasteiger partial charge >= 0.3 is 11.9 Å². The number of aliphatic hydroxyl groups is 3. The van der Waals surface area contributed by atoms with Crippen LogP contribution < -0.4 is 10.2 Å². The number of benzene rings is 2. The van der Waals surface area contributed by atoms with E-state index in [-0.39, 0.29) is 27.8 Å². The minimum Gasteiger partial charge on any atom is -0.507 e. The summed E-state index contributed by atoms with van der Waals surface area (Å²) in [5, 5.41) is 41.9. The van der Waals surface area contributed by atoms with Gasteiger partial charge in [-0.25, -0.2) is 0 Å². The van der Waals surface area contributed by atoms with Crippen LogP contribution in [0.25, 0.3) is 22.1 Å². The number of hydrogen-bond donors (Lipinski definition) is 4.